The van der Waals surface area contributed by atoms with Crippen LogP contribution in [0.2, 0.25) is 0 Å². The Morgan fingerprint density at radius 3 is 2.90 bits per heavy atom. The monoisotopic (exact) mass is 272 g/mol. The molecular weight excluding hydrogens is 248 g/mol. The second kappa shape index (κ2) is 6.45. The SMILES string of the molecule is CCCCCCC1=C2OCCCOC2c2ccccc21. The van der Waals surface area contributed by atoms with Crippen molar-refractivity contribution in [3.05, 3.63) is 41.2 Å². The highest BCUT2D eigenvalue weighted by molar-refractivity contribution is 5.76. The van der Waals surface area contributed by atoms with Gasteiger partial charge in [0.15, 0.2) is 0 Å². The summed E-state index contributed by atoms with van der Waals surface area (Å²) in [6, 6.07) is 8.63. The first-order valence-corrected chi connectivity index (χ1v) is 7.98. The highest BCUT2D eigenvalue weighted by Gasteiger charge is 2.34. The molecule has 1 aromatic carbocycles. The number of hydrogen-bond donors (Lipinski definition) is 0. The molecule has 0 aromatic heterocycles. The molecule has 2 nitrogen and oxygen atoms in total. The van der Waals surface area contributed by atoms with Crippen molar-refractivity contribution in [3.63, 3.8) is 0 Å². The van der Waals surface area contributed by atoms with Gasteiger partial charge < -0.3 is 9.47 Å². The highest BCUT2D eigenvalue weighted by atomic mass is 16.5. The van der Waals surface area contributed by atoms with E-state index in [1.807, 2.05) is 0 Å². The van der Waals surface area contributed by atoms with E-state index in [4.69, 9.17) is 9.47 Å². The summed E-state index contributed by atoms with van der Waals surface area (Å²) in [5.41, 5.74) is 4.05. The van der Waals surface area contributed by atoms with E-state index in [1.54, 1.807) is 0 Å². The van der Waals surface area contributed by atoms with E-state index in [2.05, 4.69) is 31.2 Å². The third-order valence-corrected chi connectivity index (χ3v) is 4.22. The van der Waals surface area contributed by atoms with Crippen LogP contribution in [0.3, 0.4) is 0 Å². The van der Waals surface area contributed by atoms with Crippen molar-refractivity contribution < 1.29 is 9.47 Å². The van der Waals surface area contributed by atoms with Crippen molar-refractivity contribution in [2.75, 3.05) is 13.2 Å². The lowest BCUT2D eigenvalue weighted by Gasteiger charge is -2.13. The predicted octanol–water partition coefficient (Wildman–Crippen LogP) is 4.86. The minimum atomic E-state index is 0.0508. The fraction of sp³-hybridized carbons (Fsp3) is 0.556. The van der Waals surface area contributed by atoms with E-state index < -0.39 is 0 Å². The molecule has 1 atom stereocenters. The molecule has 1 aliphatic heterocycles. The molecule has 108 valence electrons. The van der Waals surface area contributed by atoms with Gasteiger partial charge in [0.2, 0.25) is 0 Å². The van der Waals surface area contributed by atoms with Crippen LogP contribution in [0.25, 0.3) is 5.57 Å². The predicted molar refractivity (Wildman–Crippen MR) is 81.4 cm³/mol. The summed E-state index contributed by atoms with van der Waals surface area (Å²) in [6.45, 7) is 3.84. The Morgan fingerprint density at radius 2 is 2.00 bits per heavy atom. The first-order chi connectivity index (χ1) is 9.92. The van der Waals surface area contributed by atoms with E-state index in [0.717, 1.165) is 31.8 Å². The van der Waals surface area contributed by atoms with Crippen molar-refractivity contribution in [1.29, 1.82) is 0 Å². The van der Waals surface area contributed by atoms with Crippen molar-refractivity contribution in [1.82, 2.24) is 0 Å². The lowest BCUT2D eigenvalue weighted by Crippen LogP contribution is -2.03. The van der Waals surface area contributed by atoms with Crippen LogP contribution < -0.4 is 0 Å². The maximum absolute atomic E-state index is 6.03. The summed E-state index contributed by atoms with van der Waals surface area (Å²) in [5.74, 6) is 1.10. The van der Waals surface area contributed by atoms with Crippen LogP contribution in [0, 0.1) is 0 Å². The van der Waals surface area contributed by atoms with Crippen LogP contribution in [0.4, 0.5) is 0 Å². The van der Waals surface area contributed by atoms with Gasteiger partial charge in [0.1, 0.15) is 11.9 Å². The Bertz CT molecular complexity index is 490. The fourth-order valence-electron chi connectivity index (χ4n) is 3.19. The lowest BCUT2D eigenvalue weighted by atomic mass is 10.0. The van der Waals surface area contributed by atoms with E-state index in [0.29, 0.717) is 0 Å². The third-order valence-electron chi connectivity index (χ3n) is 4.22. The molecule has 3 rings (SSSR count). The number of fused-ring (bicyclic) bond motifs is 3. The molecular formula is C18H24O2. The Kier molecular flexibility index (Phi) is 4.41. The summed E-state index contributed by atoms with van der Waals surface area (Å²) in [5, 5.41) is 0. The van der Waals surface area contributed by atoms with Gasteiger partial charge in [-0.3, -0.25) is 0 Å². The zero-order chi connectivity index (χ0) is 13.8. The second-order valence-corrected chi connectivity index (χ2v) is 5.69. The largest absolute Gasteiger partial charge is 0.494 e. The molecule has 1 unspecified atom stereocenters. The summed E-state index contributed by atoms with van der Waals surface area (Å²) in [7, 11) is 0. The molecule has 0 bridgehead atoms. The molecule has 1 heterocycles. The molecule has 2 aliphatic rings. The lowest BCUT2D eigenvalue weighted by molar-refractivity contribution is 0.0718. The van der Waals surface area contributed by atoms with Crippen LogP contribution >= 0.6 is 0 Å². The van der Waals surface area contributed by atoms with Gasteiger partial charge in [-0.2, -0.15) is 0 Å². The topological polar surface area (TPSA) is 18.5 Å². The van der Waals surface area contributed by atoms with Gasteiger partial charge in [-0.05, 0) is 24.0 Å². The quantitative estimate of drug-likeness (QED) is 0.713. The number of hydrogen-bond acceptors (Lipinski definition) is 2. The van der Waals surface area contributed by atoms with E-state index >= 15 is 0 Å². The molecule has 1 aromatic rings. The summed E-state index contributed by atoms with van der Waals surface area (Å²) in [6.07, 6.45) is 7.32. The molecule has 2 heteroatoms. The van der Waals surface area contributed by atoms with Crippen LogP contribution in [-0.4, -0.2) is 13.2 Å². The minimum absolute atomic E-state index is 0.0508. The number of allylic oxidation sites excluding steroid dienone is 1. The minimum Gasteiger partial charge on any atom is -0.494 e. The van der Waals surface area contributed by atoms with Crippen molar-refractivity contribution in [2.24, 2.45) is 0 Å². The zero-order valence-electron chi connectivity index (χ0n) is 12.4. The van der Waals surface area contributed by atoms with Gasteiger partial charge in [-0.15, -0.1) is 0 Å². The Morgan fingerprint density at radius 1 is 1.10 bits per heavy atom. The van der Waals surface area contributed by atoms with Crippen LogP contribution in [0.1, 0.15) is 62.7 Å². The summed E-state index contributed by atoms with van der Waals surface area (Å²) < 4.78 is 12.1. The van der Waals surface area contributed by atoms with Crippen molar-refractivity contribution in [3.8, 4) is 0 Å². The van der Waals surface area contributed by atoms with E-state index in [-0.39, 0.29) is 6.10 Å². The van der Waals surface area contributed by atoms with Gasteiger partial charge >= 0.3 is 0 Å². The second-order valence-electron chi connectivity index (χ2n) is 5.69. The smallest absolute Gasteiger partial charge is 0.140 e. The van der Waals surface area contributed by atoms with Crippen molar-refractivity contribution >= 4 is 5.57 Å². The number of unbranched alkanes of at least 4 members (excludes halogenated alkanes) is 3. The average Bonchev–Trinajstić information content (AvgIpc) is 2.65. The third kappa shape index (κ3) is 2.62. The van der Waals surface area contributed by atoms with Gasteiger partial charge in [-0.25, -0.2) is 0 Å². The maximum Gasteiger partial charge on any atom is 0.140 e. The van der Waals surface area contributed by atoms with E-state index in [9.17, 15) is 0 Å². The van der Waals surface area contributed by atoms with E-state index in [1.165, 1.54) is 42.4 Å². The van der Waals surface area contributed by atoms with Crippen LogP contribution in [-0.2, 0) is 9.47 Å². The highest BCUT2D eigenvalue weighted by Crippen LogP contribution is 2.45. The zero-order valence-corrected chi connectivity index (χ0v) is 12.4. The molecule has 0 N–H and O–H groups in total. The first-order valence-electron chi connectivity index (χ1n) is 7.98. The Hall–Kier alpha value is -1.28. The van der Waals surface area contributed by atoms with Crippen LogP contribution in [0.5, 0.6) is 0 Å². The van der Waals surface area contributed by atoms with Crippen molar-refractivity contribution in [2.45, 2.75) is 51.6 Å². The molecule has 0 radical (unpaired) electrons. The van der Waals surface area contributed by atoms with Gasteiger partial charge in [-0.1, -0.05) is 50.5 Å². The molecule has 1 saturated heterocycles. The fourth-order valence-corrected chi connectivity index (χ4v) is 3.19. The number of rotatable bonds is 5. The molecule has 0 spiro atoms. The summed E-state index contributed by atoms with van der Waals surface area (Å²) >= 11 is 0. The van der Waals surface area contributed by atoms with Gasteiger partial charge in [0, 0.05) is 12.0 Å². The molecule has 1 fully saturated rings. The summed E-state index contributed by atoms with van der Waals surface area (Å²) in [4.78, 5) is 0. The van der Waals surface area contributed by atoms with Gasteiger partial charge in [0.25, 0.3) is 0 Å². The average molecular weight is 272 g/mol. The standard InChI is InChI=1S/C18H24O2/c1-2-3-4-5-10-15-14-9-6-7-11-16(14)18-17(15)19-12-8-13-20-18/h6-7,9,11,18H,2-5,8,10,12-13H2,1H3. The maximum atomic E-state index is 6.03. The number of ether oxygens (including phenoxy) is 2. The Balaban J connectivity index is 1.84. The first kappa shape index (κ1) is 13.7. The molecule has 0 amide bonds. The molecule has 1 aliphatic carbocycles. The Labute approximate surface area is 121 Å². The number of benzene rings is 1. The molecule has 0 saturated carbocycles. The normalized spacial score (nSPS) is 21.1. The molecule has 20 heavy (non-hydrogen) atoms. The van der Waals surface area contributed by atoms with Gasteiger partial charge in [0.05, 0.1) is 13.2 Å². The van der Waals surface area contributed by atoms with Crippen LogP contribution in [0.15, 0.2) is 30.0 Å².